The minimum Gasteiger partial charge on any atom is -0.744 e. The third-order valence-electron chi connectivity index (χ3n) is 4.33. The van der Waals surface area contributed by atoms with Crippen LogP contribution in [0, 0.1) is 0 Å². The minimum atomic E-state index is -4.96. The van der Waals surface area contributed by atoms with Gasteiger partial charge < -0.3 is 20.2 Å². The first-order chi connectivity index (χ1) is 14.9. The maximum absolute atomic E-state index is 12.3. The summed E-state index contributed by atoms with van der Waals surface area (Å²) in [6, 6.07) is 15.4. The van der Waals surface area contributed by atoms with E-state index in [1.807, 2.05) is 0 Å². The average molecular weight is 518 g/mol. The second-order valence-electron chi connectivity index (χ2n) is 6.61. The summed E-state index contributed by atoms with van der Waals surface area (Å²) < 4.78 is 69.8. The molecule has 3 rings (SSSR count). The summed E-state index contributed by atoms with van der Waals surface area (Å²) in [4.78, 5) is 11.1. The van der Waals surface area contributed by atoms with Gasteiger partial charge in [-0.05, 0) is 47.5 Å². The van der Waals surface area contributed by atoms with E-state index in [2.05, 4.69) is 5.32 Å². The summed E-state index contributed by atoms with van der Waals surface area (Å²) in [7, 11) is -9.81. The van der Waals surface area contributed by atoms with Gasteiger partial charge in [0.15, 0.2) is 0 Å². The zero-order chi connectivity index (χ0) is 23.5. The summed E-state index contributed by atoms with van der Waals surface area (Å²) in [5.41, 5.74) is 5.88. The van der Waals surface area contributed by atoms with E-state index >= 15 is 0 Å². The number of amides is 1. The zero-order valence-electron chi connectivity index (χ0n) is 18.3. The fourth-order valence-corrected chi connectivity index (χ4v) is 4.25. The normalized spacial score (nSPS) is 11.4. The van der Waals surface area contributed by atoms with Crippen molar-refractivity contribution in [2.45, 2.75) is 9.79 Å². The number of carbonyl (C=O) groups is 1. The van der Waals surface area contributed by atoms with Crippen molar-refractivity contribution in [3.8, 4) is 0 Å². The number of nitrogens with two attached hydrogens (primary N) is 1. The number of nitrogen functional groups attached to an aromatic ring is 1. The third kappa shape index (κ3) is 8.02. The van der Waals surface area contributed by atoms with Gasteiger partial charge in [0, 0.05) is 16.9 Å². The summed E-state index contributed by atoms with van der Waals surface area (Å²) in [6.07, 6.45) is 2.35. The topological polar surface area (TPSA) is 170 Å². The Morgan fingerprint density at radius 2 is 1.26 bits per heavy atom. The molecule has 0 heterocycles. The summed E-state index contributed by atoms with van der Waals surface area (Å²) >= 11 is 0. The van der Waals surface area contributed by atoms with Crippen molar-refractivity contribution < 1.29 is 89.9 Å². The largest absolute Gasteiger partial charge is 1.00 e. The van der Waals surface area contributed by atoms with Crippen molar-refractivity contribution in [2.75, 3.05) is 11.1 Å². The molecule has 3 aromatic carbocycles. The first-order valence-electron chi connectivity index (χ1n) is 8.95. The van der Waals surface area contributed by atoms with Crippen LogP contribution < -0.4 is 70.2 Å². The summed E-state index contributed by atoms with van der Waals surface area (Å²) in [5, 5.41) is 2.51. The van der Waals surface area contributed by atoms with Gasteiger partial charge >= 0.3 is 59.1 Å². The van der Waals surface area contributed by atoms with Gasteiger partial charge in [0.1, 0.15) is 20.2 Å². The van der Waals surface area contributed by atoms with Gasteiger partial charge in [-0.15, -0.1) is 0 Å². The quantitative estimate of drug-likeness (QED) is 0.147. The molecule has 0 aliphatic rings. The molecule has 3 aromatic rings. The number of rotatable bonds is 6. The van der Waals surface area contributed by atoms with E-state index in [1.54, 1.807) is 30.3 Å². The molecular weight excluding hydrogens is 502 g/mol. The van der Waals surface area contributed by atoms with E-state index in [0.29, 0.717) is 5.56 Å². The molecule has 166 valence electrons. The van der Waals surface area contributed by atoms with Crippen LogP contribution in [0.15, 0.2) is 76.5 Å². The standard InChI is InChI=1S/C21H18N2O7S2.2Na/c22-17-10-8-14(19(12-17)31(25,26)27)6-7-15-9-11-18(13-20(15)32(28,29)30)23-21(24)16-4-2-1-3-5-16;;/h1-13H,22H2,(H,23,24)(H,25,26,27)(H,28,29,30);;/q;2*+1/p-2/b7-6+;;. The minimum absolute atomic E-state index is 0. The Balaban J connectivity index is 0.00000289. The van der Waals surface area contributed by atoms with Crippen LogP contribution in [0.25, 0.3) is 12.2 Å². The number of hydrogen-bond donors (Lipinski definition) is 2. The molecule has 0 unspecified atom stereocenters. The number of hydrogen-bond acceptors (Lipinski definition) is 8. The molecule has 0 bridgehead atoms. The van der Waals surface area contributed by atoms with Crippen LogP contribution in [0.5, 0.6) is 0 Å². The molecule has 0 fully saturated rings. The van der Waals surface area contributed by atoms with E-state index in [9.17, 15) is 30.7 Å². The van der Waals surface area contributed by atoms with Crippen molar-refractivity contribution in [2.24, 2.45) is 0 Å². The second kappa shape index (κ2) is 12.5. The van der Waals surface area contributed by atoms with Gasteiger partial charge in [-0.1, -0.05) is 42.5 Å². The molecule has 0 aliphatic carbocycles. The maximum Gasteiger partial charge on any atom is 1.00 e. The Hall–Kier alpha value is -1.51. The molecule has 0 atom stereocenters. The van der Waals surface area contributed by atoms with Gasteiger partial charge in [0.25, 0.3) is 5.91 Å². The van der Waals surface area contributed by atoms with Gasteiger partial charge in [-0.2, -0.15) is 0 Å². The molecular formula is C21H16N2Na2O7S2. The second-order valence-corrected chi connectivity index (χ2v) is 9.31. The predicted molar refractivity (Wildman–Crippen MR) is 117 cm³/mol. The van der Waals surface area contributed by atoms with Crippen molar-refractivity contribution in [3.63, 3.8) is 0 Å². The van der Waals surface area contributed by atoms with Crippen LogP contribution in [0.3, 0.4) is 0 Å². The van der Waals surface area contributed by atoms with Gasteiger partial charge in [-0.25, -0.2) is 16.8 Å². The van der Waals surface area contributed by atoms with Crippen LogP contribution in [0.1, 0.15) is 21.5 Å². The van der Waals surface area contributed by atoms with Crippen molar-refractivity contribution in [1.82, 2.24) is 0 Å². The molecule has 13 heteroatoms. The molecule has 0 spiro atoms. The molecule has 0 saturated heterocycles. The molecule has 3 N–H and O–H groups in total. The van der Waals surface area contributed by atoms with E-state index in [4.69, 9.17) is 5.73 Å². The Morgan fingerprint density at radius 3 is 1.79 bits per heavy atom. The van der Waals surface area contributed by atoms with E-state index in [-0.39, 0.29) is 81.6 Å². The SMILES string of the molecule is Nc1ccc(/C=C/c2ccc(NC(=O)c3ccccc3)cc2S(=O)(=O)[O-])c(S(=O)(=O)[O-])c1.[Na+].[Na+]. The van der Waals surface area contributed by atoms with Crippen LogP contribution in [0.2, 0.25) is 0 Å². The van der Waals surface area contributed by atoms with E-state index in [0.717, 1.165) is 12.1 Å². The Bertz CT molecular complexity index is 1430. The van der Waals surface area contributed by atoms with E-state index < -0.39 is 35.9 Å². The number of benzene rings is 3. The molecule has 34 heavy (non-hydrogen) atoms. The van der Waals surface area contributed by atoms with E-state index in [1.165, 1.54) is 36.4 Å². The Morgan fingerprint density at radius 1 is 0.765 bits per heavy atom. The van der Waals surface area contributed by atoms with Crippen molar-refractivity contribution in [3.05, 3.63) is 83.4 Å². The first kappa shape index (κ1) is 30.5. The van der Waals surface area contributed by atoms with Crippen LogP contribution in [0.4, 0.5) is 11.4 Å². The van der Waals surface area contributed by atoms with Gasteiger partial charge in [-0.3, -0.25) is 4.79 Å². The fraction of sp³-hybridized carbons (Fsp3) is 0. The summed E-state index contributed by atoms with van der Waals surface area (Å²) in [6.45, 7) is 0. The van der Waals surface area contributed by atoms with Crippen LogP contribution in [-0.2, 0) is 20.2 Å². The van der Waals surface area contributed by atoms with Crippen LogP contribution in [-0.4, -0.2) is 31.8 Å². The smallest absolute Gasteiger partial charge is 0.744 e. The molecule has 1 amide bonds. The molecule has 0 radical (unpaired) electrons. The average Bonchev–Trinajstić information content (AvgIpc) is 2.72. The number of carbonyl (C=O) groups excluding carboxylic acids is 1. The van der Waals surface area contributed by atoms with Crippen molar-refractivity contribution in [1.29, 1.82) is 0 Å². The third-order valence-corrected chi connectivity index (χ3v) is 6.11. The number of nitrogens with one attached hydrogen (secondary N) is 1. The van der Waals surface area contributed by atoms with Gasteiger partial charge in [0.05, 0.1) is 9.79 Å². The van der Waals surface area contributed by atoms with Crippen molar-refractivity contribution >= 4 is 49.7 Å². The first-order valence-corrected chi connectivity index (χ1v) is 11.8. The molecule has 9 nitrogen and oxygen atoms in total. The predicted octanol–water partition coefficient (Wildman–Crippen LogP) is -3.49. The zero-order valence-corrected chi connectivity index (χ0v) is 23.9. The Labute approximate surface area is 241 Å². The summed E-state index contributed by atoms with van der Waals surface area (Å²) in [5.74, 6) is -0.504. The fourth-order valence-electron chi connectivity index (χ4n) is 2.84. The van der Waals surface area contributed by atoms with Crippen LogP contribution >= 0.6 is 0 Å². The number of anilines is 2. The Kier molecular flexibility index (Phi) is 11.2. The molecule has 0 aromatic heterocycles. The van der Waals surface area contributed by atoms with Gasteiger partial charge in [0.2, 0.25) is 0 Å². The monoisotopic (exact) mass is 518 g/mol. The maximum atomic E-state index is 12.3. The molecule has 0 saturated carbocycles. The molecule has 0 aliphatic heterocycles.